The van der Waals surface area contributed by atoms with Crippen LogP contribution in [0.3, 0.4) is 0 Å². The molecule has 1 aliphatic heterocycles. The van der Waals surface area contributed by atoms with Crippen LogP contribution in [0, 0.1) is 0 Å². The standard InChI is InChI=1S/C7H15Cl2N2O2P/c8-2-5-11(6-3-9)14(12)10-4-1-7-13-14/h1-7H2,(H,10,12)/i2D2,5D2,6D2/hD. The molecule has 1 atom stereocenters. The van der Waals surface area contributed by atoms with Crippen molar-refractivity contribution in [2.24, 2.45) is 0 Å². The van der Waals surface area contributed by atoms with E-state index in [1.165, 1.54) is 0 Å². The van der Waals surface area contributed by atoms with Crippen LogP contribution in [0.5, 0.6) is 0 Å². The molecule has 0 amide bonds. The molecule has 0 aromatic heterocycles. The molecular weight excluding hydrogens is 246 g/mol. The molecule has 84 valence electrons. The SMILES string of the molecule is [2H]N1CCCOP1(=O)N(C([2H])([2H])CCl)C([2H])([2H])C([2H])([2H])Cl. The highest BCUT2D eigenvalue weighted by atomic mass is 35.5. The van der Waals surface area contributed by atoms with Gasteiger partial charge in [-0.1, -0.05) is 0 Å². The first-order valence-electron chi connectivity index (χ1n) is 7.32. The first kappa shape index (κ1) is 5.85. The number of rotatable bonds is 5. The van der Waals surface area contributed by atoms with E-state index in [-0.39, 0.29) is 17.8 Å². The Morgan fingerprint density at radius 1 is 1.64 bits per heavy atom. The molecule has 4 nitrogen and oxygen atoms in total. The molecule has 0 aromatic carbocycles. The molecule has 1 rings (SSSR count). The van der Waals surface area contributed by atoms with Crippen molar-refractivity contribution in [2.75, 3.05) is 37.9 Å². The maximum Gasteiger partial charge on any atom is 0.343 e. The largest absolute Gasteiger partial charge is 0.343 e. The molecule has 7 heteroatoms. The van der Waals surface area contributed by atoms with Crippen LogP contribution in [0.4, 0.5) is 0 Å². The van der Waals surface area contributed by atoms with E-state index < -0.39 is 32.4 Å². The van der Waals surface area contributed by atoms with E-state index >= 15 is 0 Å². The summed E-state index contributed by atoms with van der Waals surface area (Å²) in [5.74, 6) is -3.91. The van der Waals surface area contributed by atoms with Crippen molar-refractivity contribution in [3.05, 3.63) is 0 Å². The molecule has 1 N–H and O–H groups in total. The van der Waals surface area contributed by atoms with Crippen LogP contribution in [0.15, 0.2) is 0 Å². The summed E-state index contributed by atoms with van der Waals surface area (Å²) in [4.78, 5) is 0. The van der Waals surface area contributed by atoms with Crippen molar-refractivity contribution in [3.8, 4) is 0 Å². The number of halogens is 2. The highest BCUT2D eigenvalue weighted by Gasteiger charge is 2.32. The summed E-state index contributed by atoms with van der Waals surface area (Å²) in [7, 11) is -4.50. The fourth-order valence-electron chi connectivity index (χ4n) is 0.896. The van der Waals surface area contributed by atoms with Crippen molar-refractivity contribution >= 4 is 30.9 Å². The average molecular weight is 268 g/mol. The van der Waals surface area contributed by atoms with E-state index in [0.717, 1.165) is 0 Å². The lowest BCUT2D eigenvalue weighted by Gasteiger charge is -2.33. The van der Waals surface area contributed by atoms with Gasteiger partial charge in [0.15, 0.2) is 0 Å². The quantitative estimate of drug-likeness (QED) is 0.610. The van der Waals surface area contributed by atoms with Crippen LogP contribution in [0.2, 0.25) is 1.41 Å². The molecule has 1 saturated heterocycles. The first-order valence-corrected chi connectivity index (χ1v) is 6.32. The summed E-state index contributed by atoms with van der Waals surface area (Å²) in [6, 6.07) is 0. The summed E-state index contributed by atoms with van der Waals surface area (Å²) in [6.45, 7) is -6.12. The minimum Gasteiger partial charge on any atom is -0.306 e. The smallest absolute Gasteiger partial charge is 0.306 e. The van der Waals surface area contributed by atoms with E-state index in [1.54, 1.807) is 0 Å². The number of hydrogen-bond acceptors (Lipinski definition) is 2. The lowest BCUT2D eigenvalue weighted by molar-refractivity contribution is 0.233. The average Bonchev–Trinajstić information content (AvgIpc) is 2.31. The lowest BCUT2D eigenvalue weighted by Crippen LogP contribution is -2.35. The van der Waals surface area contributed by atoms with Gasteiger partial charge < -0.3 is 4.52 Å². The van der Waals surface area contributed by atoms with Gasteiger partial charge in [0, 0.05) is 39.5 Å². The summed E-state index contributed by atoms with van der Waals surface area (Å²) in [6.07, 6.45) is 0.349. The van der Waals surface area contributed by atoms with Gasteiger partial charge in [-0.25, -0.2) is 9.75 Å². The summed E-state index contributed by atoms with van der Waals surface area (Å²) >= 11 is 10.8. The third-order valence-electron chi connectivity index (χ3n) is 1.45. The fourth-order valence-corrected chi connectivity index (χ4v) is 2.75. The van der Waals surface area contributed by atoms with Crippen molar-refractivity contribution in [1.29, 1.82) is 0 Å². The fraction of sp³-hybridized carbons (Fsp3) is 1.00. The Hall–Kier alpha value is 0.690. The van der Waals surface area contributed by atoms with Crippen LogP contribution in [0.25, 0.3) is 0 Å². The Bertz CT molecular complexity index is 436. The number of alkyl halides is 2. The zero-order valence-corrected chi connectivity index (χ0v) is 9.65. The summed E-state index contributed by atoms with van der Waals surface area (Å²) in [5, 5.41) is 0.418. The Balaban J connectivity index is 3.44. The van der Waals surface area contributed by atoms with Gasteiger partial charge in [-0.05, 0) is 6.42 Å². The van der Waals surface area contributed by atoms with E-state index in [9.17, 15) is 4.57 Å². The maximum absolute atomic E-state index is 12.8. The molecule has 0 aliphatic carbocycles. The van der Waals surface area contributed by atoms with Gasteiger partial charge in [0.25, 0.3) is 0 Å². The van der Waals surface area contributed by atoms with Crippen molar-refractivity contribution in [2.45, 2.75) is 6.42 Å². The topological polar surface area (TPSA) is 41.6 Å². The van der Waals surface area contributed by atoms with Crippen LogP contribution in [0.1, 0.15) is 14.6 Å². The predicted molar refractivity (Wildman–Crippen MR) is 59.2 cm³/mol. The van der Waals surface area contributed by atoms with Gasteiger partial charge in [0.2, 0.25) is 0 Å². The number of nitrogens with one attached hydrogen (secondary N) is 1. The molecule has 0 bridgehead atoms. The highest BCUT2D eigenvalue weighted by molar-refractivity contribution is 7.54. The lowest BCUT2D eigenvalue weighted by atomic mass is 10.5. The molecule has 0 aromatic rings. The molecule has 1 fully saturated rings. The Morgan fingerprint density at radius 3 is 3.00 bits per heavy atom. The highest BCUT2D eigenvalue weighted by Crippen LogP contribution is 2.47. The van der Waals surface area contributed by atoms with Crippen LogP contribution < -0.4 is 5.08 Å². The second-order valence-corrected chi connectivity index (χ2v) is 4.73. The second kappa shape index (κ2) is 6.31. The molecule has 0 saturated carbocycles. The Morgan fingerprint density at radius 2 is 2.43 bits per heavy atom. The van der Waals surface area contributed by atoms with Gasteiger partial charge in [-0.15, -0.1) is 23.2 Å². The minimum absolute atomic E-state index is 0.0131. The van der Waals surface area contributed by atoms with E-state index in [0.29, 0.717) is 11.5 Å². The normalized spacial score (nSPS) is 40.1. The molecule has 0 spiro atoms. The van der Waals surface area contributed by atoms with E-state index in [4.69, 9.17) is 37.4 Å². The third-order valence-corrected chi connectivity index (χ3v) is 3.48. The van der Waals surface area contributed by atoms with Gasteiger partial charge in [-0.2, -0.15) is 0 Å². The Kier molecular flexibility index (Phi) is 2.64. The van der Waals surface area contributed by atoms with Gasteiger partial charge in [0.1, 0.15) is 1.41 Å². The monoisotopic (exact) mass is 267 g/mol. The van der Waals surface area contributed by atoms with Gasteiger partial charge in [-0.3, -0.25) is 4.57 Å². The predicted octanol–water partition coefficient (Wildman–Crippen LogP) is 1.88. The van der Waals surface area contributed by atoms with Crippen LogP contribution in [-0.4, -0.2) is 42.5 Å². The third kappa shape index (κ3) is 3.37. The zero-order chi connectivity index (χ0) is 16.7. The number of hydrogen-bond donors (Lipinski definition) is 1. The summed E-state index contributed by atoms with van der Waals surface area (Å²) < 4.78 is 71.2. The molecule has 1 aliphatic rings. The molecule has 14 heavy (non-hydrogen) atoms. The molecular formula is C7H15Cl2N2O2P. The van der Waals surface area contributed by atoms with E-state index in [1.807, 2.05) is 0 Å². The van der Waals surface area contributed by atoms with Gasteiger partial charge in [0.05, 0.1) is 6.61 Å². The van der Waals surface area contributed by atoms with Crippen molar-refractivity contribution in [1.82, 2.24) is 9.75 Å². The maximum atomic E-state index is 12.8. The van der Waals surface area contributed by atoms with Crippen LogP contribution >= 0.6 is 30.9 Å². The van der Waals surface area contributed by atoms with E-state index in [2.05, 4.69) is 0 Å². The minimum atomic E-state index is -4.50. The summed E-state index contributed by atoms with van der Waals surface area (Å²) in [5.41, 5.74) is 0. The number of nitrogens with zero attached hydrogens (tertiary/aromatic N) is 1. The molecule has 1 unspecified atom stereocenters. The van der Waals surface area contributed by atoms with Crippen LogP contribution in [-0.2, 0) is 9.09 Å². The molecule has 1 heterocycles. The first-order chi connectivity index (χ1) is 9.30. The second-order valence-electron chi connectivity index (χ2n) is 2.35. The molecule has 0 radical (unpaired) electrons. The Labute approximate surface area is 104 Å². The van der Waals surface area contributed by atoms with Crippen molar-refractivity contribution < 1.29 is 18.7 Å². The van der Waals surface area contributed by atoms with Crippen molar-refractivity contribution in [3.63, 3.8) is 0 Å². The zero-order valence-electron chi connectivity index (χ0n) is 14.2. The van der Waals surface area contributed by atoms with Gasteiger partial charge >= 0.3 is 7.67 Å².